The van der Waals surface area contributed by atoms with Gasteiger partial charge in [0.15, 0.2) is 0 Å². The Labute approximate surface area is 141 Å². The maximum Gasteiger partial charge on any atom is 0.244 e. The van der Waals surface area contributed by atoms with Gasteiger partial charge in [-0.25, -0.2) is 8.42 Å². The van der Waals surface area contributed by atoms with E-state index in [0.717, 1.165) is 15.4 Å². The van der Waals surface area contributed by atoms with E-state index in [0.29, 0.717) is 11.8 Å². The van der Waals surface area contributed by atoms with Gasteiger partial charge in [0, 0.05) is 37.1 Å². The molecule has 7 heteroatoms. The third-order valence-corrected chi connectivity index (χ3v) is 6.37. The van der Waals surface area contributed by atoms with Crippen molar-refractivity contribution >= 4 is 32.5 Å². The number of fused-ring (bicyclic) bond motifs is 1. The first-order chi connectivity index (χ1) is 11.3. The summed E-state index contributed by atoms with van der Waals surface area (Å²) in [7, 11) is -0.125. The molecule has 0 saturated carbocycles. The number of hydrogen-bond acceptors (Lipinski definition) is 5. The molecule has 1 saturated heterocycles. The van der Waals surface area contributed by atoms with Crippen molar-refractivity contribution < 1.29 is 18.3 Å². The fourth-order valence-electron chi connectivity index (χ4n) is 3.27. The summed E-state index contributed by atoms with van der Waals surface area (Å²) in [5.41, 5.74) is 0.905. The van der Waals surface area contributed by atoms with Crippen LogP contribution in [0.5, 0.6) is 0 Å². The van der Waals surface area contributed by atoms with Crippen LogP contribution in [-0.2, 0) is 14.8 Å². The normalized spacial score (nSPS) is 18.8. The molecule has 1 aliphatic heterocycles. The van der Waals surface area contributed by atoms with Gasteiger partial charge in [-0.3, -0.25) is 0 Å². The van der Waals surface area contributed by atoms with Gasteiger partial charge >= 0.3 is 0 Å². The summed E-state index contributed by atoms with van der Waals surface area (Å²) in [6.45, 7) is 0.199. The second-order valence-corrected chi connectivity index (χ2v) is 7.97. The lowest BCUT2D eigenvalue weighted by molar-refractivity contribution is -0.309. The van der Waals surface area contributed by atoms with Gasteiger partial charge in [0.25, 0.3) is 0 Å². The molecule has 0 spiro atoms. The maximum absolute atomic E-state index is 13.1. The number of rotatable bonds is 4. The minimum Gasteiger partial charge on any atom is -0.548 e. The zero-order valence-corrected chi connectivity index (χ0v) is 14.4. The molecule has 1 atom stereocenters. The van der Waals surface area contributed by atoms with Crippen molar-refractivity contribution in [1.29, 1.82) is 0 Å². The molecule has 2 aromatic carbocycles. The molecular formula is C17H19N2O4S-. The van der Waals surface area contributed by atoms with E-state index in [2.05, 4.69) is 0 Å². The Hall–Kier alpha value is -2.12. The van der Waals surface area contributed by atoms with Crippen LogP contribution >= 0.6 is 0 Å². The van der Waals surface area contributed by atoms with E-state index in [-0.39, 0.29) is 17.9 Å². The van der Waals surface area contributed by atoms with Crippen molar-refractivity contribution in [2.24, 2.45) is 0 Å². The van der Waals surface area contributed by atoms with Gasteiger partial charge < -0.3 is 14.8 Å². The third kappa shape index (κ3) is 2.63. The molecule has 128 valence electrons. The Kier molecular flexibility index (Phi) is 4.23. The topological polar surface area (TPSA) is 80.8 Å². The van der Waals surface area contributed by atoms with Gasteiger partial charge in [0.1, 0.15) is 0 Å². The summed E-state index contributed by atoms with van der Waals surface area (Å²) in [6, 6.07) is 9.45. The molecule has 2 aromatic rings. The highest BCUT2D eigenvalue weighted by Crippen LogP contribution is 2.33. The molecule has 0 aliphatic carbocycles. The van der Waals surface area contributed by atoms with E-state index in [1.807, 2.05) is 31.1 Å². The van der Waals surface area contributed by atoms with E-state index >= 15 is 0 Å². The molecule has 0 unspecified atom stereocenters. The van der Waals surface area contributed by atoms with Crippen molar-refractivity contribution in [2.45, 2.75) is 23.8 Å². The van der Waals surface area contributed by atoms with Crippen molar-refractivity contribution in [3.8, 4) is 0 Å². The van der Waals surface area contributed by atoms with Gasteiger partial charge in [-0.1, -0.05) is 24.3 Å². The molecule has 0 bridgehead atoms. The molecule has 0 aromatic heterocycles. The molecule has 1 heterocycles. The SMILES string of the molecule is CN(C)c1cccc2c(S(=O)(=O)N3CCC[C@H]3C(=O)[O-])cccc12. The second-order valence-electron chi connectivity index (χ2n) is 6.12. The standard InChI is InChI=1S/C17H20N2O4S/c1-18(2)14-8-3-7-13-12(14)6-4-10-16(13)24(22,23)19-11-5-9-15(19)17(20)21/h3-4,6-8,10,15H,5,9,11H2,1-2H3,(H,20,21)/p-1/t15-/m0/s1. The predicted octanol–water partition coefficient (Wildman–Crippen LogP) is 0.809. The quantitative estimate of drug-likeness (QED) is 0.817. The molecular weight excluding hydrogens is 328 g/mol. The molecule has 0 amide bonds. The summed E-state index contributed by atoms with van der Waals surface area (Å²) in [5, 5.41) is 12.7. The van der Waals surface area contributed by atoms with E-state index < -0.39 is 22.0 Å². The summed E-state index contributed by atoms with van der Waals surface area (Å²) in [5.74, 6) is -1.34. The zero-order valence-electron chi connectivity index (χ0n) is 13.6. The molecule has 1 aliphatic rings. The number of carboxylic acids is 1. The number of hydrogen-bond donors (Lipinski definition) is 0. The van der Waals surface area contributed by atoms with Gasteiger partial charge in [-0.15, -0.1) is 0 Å². The van der Waals surface area contributed by atoms with E-state index in [9.17, 15) is 18.3 Å². The van der Waals surface area contributed by atoms with Crippen LogP contribution in [0.3, 0.4) is 0 Å². The summed E-state index contributed by atoms with van der Waals surface area (Å²) in [6.07, 6.45) is 0.806. The summed E-state index contributed by atoms with van der Waals surface area (Å²) in [4.78, 5) is 13.3. The van der Waals surface area contributed by atoms with Crippen LogP contribution in [0.4, 0.5) is 5.69 Å². The number of sulfonamides is 1. The van der Waals surface area contributed by atoms with Gasteiger partial charge in [0.05, 0.1) is 16.9 Å². The van der Waals surface area contributed by atoms with E-state index in [1.165, 1.54) is 6.07 Å². The number of benzene rings is 2. The fraction of sp³-hybridized carbons (Fsp3) is 0.353. The minimum absolute atomic E-state index is 0.136. The van der Waals surface area contributed by atoms with Crippen LogP contribution in [-0.4, -0.2) is 45.4 Å². The lowest BCUT2D eigenvalue weighted by atomic mass is 10.1. The second kappa shape index (κ2) is 6.07. The number of carboxylic acid groups (broad SMARTS) is 1. The Bertz CT molecular complexity index is 893. The Morgan fingerprint density at radius 2 is 1.83 bits per heavy atom. The lowest BCUT2D eigenvalue weighted by Crippen LogP contribution is -2.46. The number of nitrogens with zero attached hydrogens (tertiary/aromatic N) is 2. The molecule has 1 fully saturated rings. The van der Waals surface area contributed by atoms with Crippen LogP contribution in [0.25, 0.3) is 10.8 Å². The van der Waals surface area contributed by atoms with Crippen LogP contribution in [0.2, 0.25) is 0 Å². The van der Waals surface area contributed by atoms with Gasteiger partial charge in [-0.2, -0.15) is 4.31 Å². The van der Waals surface area contributed by atoms with E-state index in [1.54, 1.807) is 18.2 Å². The molecule has 6 nitrogen and oxygen atoms in total. The first-order valence-corrected chi connectivity index (χ1v) is 9.20. The van der Waals surface area contributed by atoms with Crippen LogP contribution in [0, 0.1) is 0 Å². The number of carbonyl (C=O) groups is 1. The zero-order chi connectivity index (χ0) is 17.5. The smallest absolute Gasteiger partial charge is 0.244 e. The Balaban J connectivity index is 2.19. The summed E-state index contributed by atoms with van der Waals surface area (Å²) < 4.78 is 27.2. The minimum atomic E-state index is -3.91. The predicted molar refractivity (Wildman–Crippen MR) is 90.2 cm³/mol. The van der Waals surface area contributed by atoms with Gasteiger partial charge in [0.2, 0.25) is 10.0 Å². The number of aliphatic carboxylic acids is 1. The molecule has 0 radical (unpaired) electrons. The average molecular weight is 347 g/mol. The molecule has 24 heavy (non-hydrogen) atoms. The average Bonchev–Trinajstić information content (AvgIpc) is 3.04. The number of carbonyl (C=O) groups excluding carboxylic acids is 1. The maximum atomic E-state index is 13.1. The molecule has 0 N–H and O–H groups in total. The highest BCUT2D eigenvalue weighted by Gasteiger charge is 2.36. The monoisotopic (exact) mass is 347 g/mol. The Morgan fingerprint density at radius 3 is 2.50 bits per heavy atom. The highest BCUT2D eigenvalue weighted by molar-refractivity contribution is 7.89. The van der Waals surface area contributed by atoms with E-state index in [4.69, 9.17) is 0 Å². The first kappa shape index (κ1) is 16.7. The van der Waals surface area contributed by atoms with Crippen molar-refractivity contribution in [3.63, 3.8) is 0 Å². The number of anilines is 1. The first-order valence-electron chi connectivity index (χ1n) is 7.76. The van der Waals surface area contributed by atoms with Crippen LogP contribution < -0.4 is 10.0 Å². The van der Waals surface area contributed by atoms with Crippen molar-refractivity contribution in [3.05, 3.63) is 36.4 Å². The Morgan fingerprint density at radius 1 is 1.17 bits per heavy atom. The van der Waals surface area contributed by atoms with Crippen molar-refractivity contribution in [2.75, 3.05) is 25.5 Å². The lowest BCUT2D eigenvalue weighted by Gasteiger charge is -2.25. The van der Waals surface area contributed by atoms with Crippen molar-refractivity contribution in [1.82, 2.24) is 4.31 Å². The van der Waals surface area contributed by atoms with Gasteiger partial charge in [-0.05, 0) is 25.0 Å². The highest BCUT2D eigenvalue weighted by atomic mass is 32.2. The fourth-order valence-corrected chi connectivity index (χ4v) is 5.12. The van der Waals surface area contributed by atoms with Crippen LogP contribution in [0.15, 0.2) is 41.3 Å². The van der Waals surface area contributed by atoms with Crippen LogP contribution in [0.1, 0.15) is 12.8 Å². The molecule has 3 rings (SSSR count). The third-order valence-electron chi connectivity index (χ3n) is 4.40. The largest absolute Gasteiger partial charge is 0.548 e. The summed E-state index contributed by atoms with van der Waals surface area (Å²) >= 11 is 0.